The molecule has 2 atom stereocenters. The van der Waals surface area contributed by atoms with Gasteiger partial charge in [0.2, 0.25) is 0 Å². The van der Waals surface area contributed by atoms with Crippen molar-refractivity contribution < 1.29 is 4.74 Å². The zero-order valence-corrected chi connectivity index (χ0v) is 15.9. The molecule has 27 heavy (non-hydrogen) atoms. The summed E-state index contributed by atoms with van der Waals surface area (Å²) in [6, 6.07) is 28.3. The Morgan fingerprint density at radius 3 is 2.26 bits per heavy atom. The topological polar surface area (TPSA) is 33.6 Å². The molecular weight excluding hydrogens is 356 g/mol. The molecule has 1 heterocycles. The fraction of sp³-hybridized carbons (Fsp3) is 0.174. The summed E-state index contributed by atoms with van der Waals surface area (Å²) in [4.78, 5) is 5.03. The van der Waals surface area contributed by atoms with Gasteiger partial charge in [-0.25, -0.2) is 0 Å². The Hall–Kier alpha value is -2.78. The smallest absolute Gasteiger partial charge is 0.145 e. The van der Waals surface area contributed by atoms with Crippen molar-refractivity contribution in [3.8, 4) is 5.75 Å². The van der Waals surface area contributed by atoms with Gasteiger partial charge in [-0.1, -0.05) is 84.4 Å². The van der Waals surface area contributed by atoms with Gasteiger partial charge in [-0.15, -0.1) is 0 Å². The first-order valence-corrected chi connectivity index (χ1v) is 9.38. The fourth-order valence-electron chi connectivity index (χ4n) is 3.53. The lowest BCUT2D eigenvalue weighted by atomic mass is 9.82. The average molecular weight is 377 g/mol. The van der Waals surface area contributed by atoms with Gasteiger partial charge in [0.1, 0.15) is 23.7 Å². The van der Waals surface area contributed by atoms with Crippen molar-refractivity contribution in [1.82, 2.24) is 5.32 Å². The third-order valence-corrected chi connectivity index (χ3v) is 5.24. The van der Waals surface area contributed by atoms with E-state index in [4.69, 9.17) is 21.3 Å². The number of benzene rings is 3. The second-order valence-electron chi connectivity index (χ2n) is 6.78. The Morgan fingerprint density at radius 1 is 0.926 bits per heavy atom. The summed E-state index contributed by atoms with van der Waals surface area (Å²) in [5.74, 6) is 1.48. The summed E-state index contributed by atoms with van der Waals surface area (Å²) in [5.41, 5.74) is 1.95. The number of halogens is 1. The second-order valence-corrected chi connectivity index (χ2v) is 7.19. The van der Waals surface area contributed by atoms with Gasteiger partial charge in [-0.3, -0.25) is 4.99 Å². The Balaban J connectivity index is 1.64. The summed E-state index contributed by atoms with van der Waals surface area (Å²) < 4.78 is 5.91. The summed E-state index contributed by atoms with van der Waals surface area (Å²) >= 11 is 6.20. The number of hydrogen-bond donors (Lipinski definition) is 1. The number of para-hydroxylation sites is 1. The molecule has 0 spiro atoms. The first-order chi connectivity index (χ1) is 13.2. The molecule has 3 aromatic rings. The van der Waals surface area contributed by atoms with E-state index in [0.717, 1.165) is 5.84 Å². The van der Waals surface area contributed by atoms with Crippen LogP contribution >= 0.6 is 11.6 Å². The highest BCUT2D eigenvalue weighted by atomic mass is 35.5. The van der Waals surface area contributed by atoms with Gasteiger partial charge in [0.05, 0.1) is 11.1 Å². The van der Waals surface area contributed by atoms with Gasteiger partial charge >= 0.3 is 0 Å². The number of amidine groups is 1. The molecule has 1 N–H and O–H groups in total. The van der Waals surface area contributed by atoms with Crippen LogP contribution in [0.4, 0.5) is 0 Å². The maximum Gasteiger partial charge on any atom is 0.145 e. The maximum atomic E-state index is 6.20. The highest BCUT2D eigenvalue weighted by Gasteiger charge is 2.42. The summed E-state index contributed by atoms with van der Waals surface area (Å²) in [5, 5.41) is 4.17. The quantitative estimate of drug-likeness (QED) is 0.648. The monoisotopic (exact) mass is 376 g/mol. The first kappa shape index (κ1) is 17.6. The molecule has 1 aliphatic rings. The molecule has 0 saturated carbocycles. The van der Waals surface area contributed by atoms with Gasteiger partial charge in [-0.2, -0.15) is 0 Å². The third kappa shape index (κ3) is 3.56. The average Bonchev–Trinajstić information content (AvgIpc) is 3.06. The van der Waals surface area contributed by atoms with E-state index in [2.05, 4.69) is 60.8 Å². The van der Waals surface area contributed by atoms with Crippen LogP contribution in [0.25, 0.3) is 0 Å². The van der Waals surface area contributed by atoms with Gasteiger partial charge in [0.25, 0.3) is 0 Å². The van der Waals surface area contributed by atoms with Crippen LogP contribution in [-0.4, -0.2) is 12.4 Å². The van der Waals surface area contributed by atoms with Gasteiger partial charge in [0, 0.05) is 0 Å². The van der Waals surface area contributed by atoms with E-state index in [1.165, 1.54) is 11.1 Å². The van der Waals surface area contributed by atoms with Crippen molar-refractivity contribution in [3.63, 3.8) is 0 Å². The molecule has 1 aliphatic heterocycles. The van der Waals surface area contributed by atoms with Crippen molar-refractivity contribution in [2.45, 2.75) is 18.5 Å². The summed E-state index contributed by atoms with van der Waals surface area (Å²) in [6.45, 7) is 2.50. The molecule has 4 heteroatoms. The van der Waals surface area contributed by atoms with E-state index in [0.29, 0.717) is 17.4 Å². The maximum absolute atomic E-state index is 6.20. The van der Waals surface area contributed by atoms with Crippen molar-refractivity contribution in [3.05, 3.63) is 101 Å². The normalized spacial score (nSPS) is 21.4. The molecular formula is C23H21ClN2O. The molecule has 0 saturated heterocycles. The van der Waals surface area contributed by atoms with Crippen LogP contribution in [0, 0.1) is 0 Å². The van der Waals surface area contributed by atoms with Crippen molar-refractivity contribution in [2.24, 2.45) is 4.99 Å². The lowest BCUT2D eigenvalue weighted by Gasteiger charge is -2.30. The zero-order valence-electron chi connectivity index (χ0n) is 15.1. The van der Waals surface area contributed by atoms with Crippen LogP contribution in [0.5, 0.6) is 5.75 Å². The Kier molecular flexibility index (Phi) is 4.87. The van der Waals surface area contributed by atoms with Gasteiger partial charge in [0.15, 0.2) is 0 Å². The van der Waals surface area contributed by atoms with Crippen LogP contribution in [-0.2, 0) is 5.54 Å². The lowest BCUT2D eigenvalue weighted by molar-refractivity contribution is 0.372. The minimum Gasteiger partial charge on any atom is -0.484 e. The fourth-order valence-corrected chi connectivity index (χ4v) is 3.72. The van der Waals surface area contributed by atoms with Crippen LogP contribution < -0.4 is 10.1 Å². The largest absolute Gasteiger partial charge is 0.484 e. The number of hydrogen-bond acceptors (Lipinski definition) is 3. The third-order valence-electron chi connectivity index (χ3n) is 4.93. The van der Waals surface area contributed by atoms with Crippen LogP contribution in [0.1, 0.15) is 24.1 Å². The predicted octanol–water partition coefficient (Wildman–Crippen LogP) is 5.38. The highest BCUT2D eigenvalue weighted by Crippen LogP contribution is 2.42. The SMILES string of the molecule is CC1(c2ccccc2)N=C(COc2ccccc2Cl)NC1c1ccccc1. The Morgan fingerprint density at radius 2 is 1.56 bits per heavy atom. The van der Waals surface area contributed by atoms with Crippen molar-refractivity contribution in [2.75, 3.05) is 6.61 Å². The molecule has 0 amide bonds. The predicted molar refractivity (Wildman–Crippen MR) is 110 cm³/mol. The second kappa shape index (κ2) is 7.45. The Labute approximate surface area is 164 Å². The summed E-state index contributed by atoms with van der Waals surface area (Å²) in [7, 11) is 0. The lowest BCUT2D eigenvalue weighted by Crippen LogP contribution is -2.34. The van der Waals surface area contributed by atoms with Crippen molar-refractivity contribution >= 4 is 17.4 Å². The van der Waals surface area contributed by atoms with E-state index in [-0.39, 0.29) is 6.04 Å². The molecule has 0 fully saturated rings. The number of nitrogens with zero attached hydrogens (tertiary/aromatic N) is 1. The highest BCUT2D eigenvalue weighted by molar-refractivity contribution is 6.32. The van der Waals surface area contributed by atoms with Gasteiger partial charge < -0.3 is 10.1 Å². The number of aliphatic imine (C=N–C) groups is 1. The number of rotatable bonds is 5. The zero-order chi connectivity index (χ0) is 18.7. The molecule has 3 nitrogen and oxygen atoms in total. The van der Waals surface area contributed by atoms with E-state index in [1.807, 2.05) is 36.4 Å². The van der Waals surface area contributed by atoms with Gasteiger partial charge in [-0.05, 0) is 30.2 Å². The molecule has 0 aliphatic carbocycles. The van der Waals surface area contributed by atoms with E-state index in [9.17, 15) is 0 Å². The minimum atomic E-state index is -0.415. The Bertz CT molecular complexity index is 943. The van der Waals surface area contributed by atoms with Crippen molar-refractivity contribution in [1.29, 1.82) is 0 Å². The molecule has 0 radical (unpaired) electrons. The van der Waals surface area contributed by atoms with Crippen LogP contribution in [0.3, 0.4) is 0 Å². The van der Waals surface area contributed by atoms with E-state index < -0.39 is 5.54 Å². The van der Waals surface area contributed by atoms with Crippen LogP contribution in [0.15, 0.2) is 89.9 Å². The minimum absolute atomic E-state index is 0.0333. The molecule has 136 valence electrons. The standard InChI is InChI=1S/C23H21ClN2O/c1-23(18-12-6-3-7-13-18)22(17-10-4-2-5-11-17)25-21(26-23)16-27-20-15-9-8-14-19(20)24/h2-15,22H,16H2,1H3,(H,25,26). The van der Waals surface area contributed by atoms with E-state index in [1.54, 1.807) is 0 Å². The molecule has 4 rings (SSSR count). The summed E-state index contributed by atoms with van der Waals surface area (Å²) in [6.07, 6.45) is 0. The number of nitrogens with one attached hydrogen (secondary N) is 1. The molecule has 2 unspecified atom stereocenters. The van der Waals surface area contributed by atoms with Crippen LogP contribution in [0.2, 0.25) is 5.02 Å². The van der Waals surface area contributed by atoms with E-state index >= 15 is 0 Å². The number of ether oxygens (including phenoxy) is 1. The molecule has 0 aromatic heterocycles. The molecule has 0 bridgehead atoms. The molecule has 3 aromatic carbocycles. The first-order valence-electron chi connectivity index (χ1n) is 9.00.